The first kappa shape index (κ1) is 13.6. The highest BCUT2D eigenvalue weighted by molar-refractivity contribution is 6.30. The summed E-state index contributed by atoms with van der Waals surface area (Å²) >= 11 is 5.94. The summed E-state index contributed by atoms with van der Waals surface area (Å²) in [4.78, 5) is 4.07. The van der Waals surface area contributed by atoms with Gasteiger partial charge in [-0.1, -0.05) is 29.8 Å². The maximum Gasteiger partial charge on any atom is 0.134 e. The molecule has 0 bridgehead atoms. The van der Waals surface area contributed by atoms with Crippen molar-refractivity contribution in [3.8, 4) is 0 Å². The van der Waals surface area contributed by atoms with Gasteiger partial charge in [-0.05, 0) is 35.2 Å². The fourth-order valence-electron chi connectivity index (χ4n) is 2.27. The zero-order valence-corrected chi connectivity index (χ0v) is 11.9. The van der Waals surface area contributed by atoms with Crippen LogP contribution in [0.1, 0.15) is 5.56 Å². The molecule has 5 heteroatoms. The first-order valence-electron chi connectivity index (χ1n) is 6.46. The molecule has 2 aromatic carbocycles. The lowest BCUT2D eigenvalue weighted by atomic mass is 10.1. The van der Waals surface area contributed by atoms with Crippen molar-refractivity contribution in [1.82, 2.24) is 4.98 Å². The van der Waals surface area contributed by atoms with Crippen LogP contribution in [0.4, 0.5) is 15.9 Å². The molecular weight excluding hydrogens is 289 g/mol. The van der Waals surface area contributed by atoms with Gasteiger partial charge in [-0.2, -0.15) is 0 Å². The number of pyridine rings is 1. The molecule has 0 saturated heterocycles. The van der Waals surface area contributed by atoms with Gasteiger partial charge < -0.3 is 11.1 Å². The molecule has 3 rings (SSSR count). The molecule has 3 N–H and O–H groups in total. The van der Waals surface area contributed by atoms with E-state index in [2.05, 4.69) is 10.3 Å². The summed E-state index contributed by atoms with van der Waals surface area (Å²) in [5.74, 6) is -0.156. The molecule has 3 nitrogen and oxygen atoms in total. The van der Waals surface area contributed by atoms with Crippen LogP contribution in [0, 0.1) is 5.82 Å². The number of hydrogen-bond donors (Lipinski definition) is 2. The number of halogens is 2. The molecule has 0 aliphatic heterocycles. The van der Waals surface area contributed by atoms with Crippen molar-refractivity contribution in [2.45, 2.75) is 6.54 Å². The molecule has 1 heterocycles. The van der Waals surface area contributed by atoms with E-state index in [1.165, 1.54) is 6.07 Å². The Morgan fingerprint density at radius 3 is 2.81 bits per heavy atom. The molecule has 0 amide bonds. The molecule has 21 heavy (non-hydrogen) atoms. The van der Waals surface area contributed by atoms with Crippen molar-refractivity contribution in [2.75, 3.05) is 11.1 Å². The average Bonchev–Trinajstić information content (AvgIpc) is 2.47. The van der Waals surface area contributed by atoms with Gasteiger partial charge in [0.05, 0.1) is 5.39 Å². The second-order valence-electron chi connectivity index (χ2n) is 4.69. The summed E-state index contributed by atoms with van der Waals surface area (Å²) in [6, 6.07) is 12.3. The van der Waals surface area contributed by atoms with Crippen LogP contribution in [0.5, 0.6) is 0 Å². The molecule has 0 unspecified atom stereocenters. The second kappa shape index (κ2) is 5.58. The zero-order chi connectivity index (χ0) is 14.8. The molecule has 0 saturated carbocycles. The van der Waals surface area contributed by atoms with Gasteiger partial charge in [-0.15, -0.1) is 0 Å². The second-order valence-corrected chi connectivity index (χ2v) is 5.13. The van der Waals surface area contributed by atoms with Gasteiger partial charge in [0.2, 0.25) is 0 Å². The summed E-state index contributed by atoms with van der Waals surface area (Å²) in [5, 5.41) is 5.03. The quantitative estimate of drug-likeness (QED) is 0.761. The Labute approximate surface area is 126 Å². The van der Waals surface area contributed by atoms with E-state index >= 15 is 0 Å². The van der Waals surface area contributed by atoms with E-state index < -0.39 is 0 Å². The molecule has 0 spiro atoms. The predicted molar refractivity (Wildman–Crippen MR) is 84.9 cm³/mol. The average molecular weight is 302 g/mol. The molecule has 0 atom stereocenters. The van der Waals surface area contributed by atoms with Gasteiger partial charge in [0, 0.05) is 23.5 Å². The van der Waals surface area contributed by atoms with Gasteiger partial charge >= 0.3 is 0 Å². The normalized spacial score (nSPS) is 10.8. The molecule has 1 aromatic heterocycles. The van der Waals surface area contributed by atoms with E-state index in [0.717, 1.165) is 16.6 Å². The summed E-state index contributed by atoms with van der Waals surface area (Å²) in [7, 11) is 0. The molecule has 3 aromatic rings. The van der Waals surface area contributed by atoms with E-state index in [9.17, 15) is 4.39 Å². The number of nitrogens with one attached hydrogen (secondary N) is 1. The Bertz CT molecular complexity index is 796. The highest BCUT2D eigenvalue weighted by atomic mass is 35.5. The Hall–Kier alpha value is -2.33. The topological polar surface area (TPSA) is 50.9 Å². The van der Waals surface area contributed by atoms with Crippen LogP contribution in [0.25, 0.3) is 10.8 Å². The number of nitrogen functional groups attached to an aromatic ring is 1. The van der Waals surface area contributed by atoms with Crippen LogP contribution in [0.3, 0.4) is 0 Å². The predicted octanol–water partition coefficient (Wildman–Crippen LogP) is 4.22. The van der Waals surface area contributed by atoms with Crippen LogP contribution in [0.2, 0.25) is 5.02 Å². The minimum Gasteiger partial charge on any atom is -0.383 e. The first-order chi connectivity index (χ1) is 10.1. The summed E-state index contributed by atoms with van der Waals surface area (Å²) in [5.41, 5.74) is 7.53. The van der Waals surface area contributed by atoms with Gasteiger partial charge in [-0.3, -0.25) is 0 Å². The number of fused-ring (bicyclic) bond motifs is 1. The monoisotopic (exact) mass is 301 g/mol. The lowest BCUT2D eigenvalue weighted by Crippen LogP contribution is -2.03. The Morgan fingerprint density at radius 2 is 2.00 bits per heavy atom. The highest BCUT2D eigenvalue weighted by Crippen LogP contribution is 2.26. The Balaban J connectivity index is 1.95. The molecule has 0 aliphatic carbocycles. The Morgan fingerprint density at radius 1 is 1.19 bits per heavy atom. The molecule has 0 aliphatic rings. The maximum atomic E-state index is 13.9. The molecule has 0 radical (unpaired) electrons. The highest BCUT2D eigenvalue weighted by Gasteiger charge is 2.09. The number of nitrogens with zero attached hydrogens (tertiary/aromatic N) is 1. The lowest BCUT2D eigenvalue weighted by molar-refractivity contribution is 0.640. The van der Waals surface area contributed by atoms with E-state index in [1.54, 1.807) is 12.3 Å². The third-order valence-electron chi connectivity index (χ3n) is 3.28. The first-order valence-corrected chi connectivity index (χ1v) is 6.84. The fourth-order valence-corrected chi connectivity index (χ4v) is 2.46. The van der Waals surface area contributed by atoms with Crippen LogP contribution < -0.4 is 11.1 Å². The minimum atomic E-state index is -0.359. The molecule has 106 valence electrons. The van der Waals surface area contributed by atoms with E-state index in [-0.39, 0.29) is 11.6 Å². The summed E-state index contributed by atoms with van der Waals surface area (Å²) in [6.07, 6.45) is 1.66. The number of anilines is 2. The summed E-state index contributed by atoms with van der Waals surface area (Å²) < 4.78 is 13.9. The van der Waals surface area contributed by atoms with E-state index in [4.69, 9.17) is 17.3 Å². The van der Waals surface area contributed by atoms with Crippen LogP contribution >= 0.6 is 11.6 Å². The molecular formula is C16H13ClFN3. The maximum absolute atomic E-state index is 13.9. The van der Waals surface area contributed by atoms with Crippen molar-refractivity contribution in [2.24, 2.45) is 0 Å². The van der Waals surface area contributed by atoms with Crippen molar-refractivity contribution in [3.05, 3.63) is 65.1 Å². The van der Waals surface area contributed by atoms with E-state index in [0.29, 0.717) is 17.0 Å². The third-order valence-corrected chi connectivity index (χ3v) is 3.52. The molecule has 0 fully saturated rings. The number of hydrogen-bond acceptors (Lipinski definition) is 3. The number of rotatable bonds is 3. The lowest BCUT2D eigenvalue weighted by Gasteiger charge is -2.11. The van der Waals surface area contributed by atoms with Crippen molar-refractivity contribution in [1.29, 1.82) is 0 Å². The summed E-state index contributed by atoms with van der Waals surface area (Å²) in [6.45, 7) is 0.508. The fraction of sp³-hybridized carbons (Fsp3) is 0.0625. The third kappa shape index (κ3) is 2.76. The zero-order valence-electron chi connectivity index (χ0n) is 11.1. The van der Waals surface area contributed by atoms with Crippen molar-refractivity contribution >= 4 is 33.9 Å². The van der Waals surface area contributed by atoms with Crippen LogP contribution in [-0.2, 0) is 6.54 Å². The number of aromatic nitrogens is 1. The van der Waals surface area contributed by atoms with Crippen molar-refractivity contribution in [3.63, 3.8) is 0 Å². The number of nitrogens with two attached hydrogens (primary N) is 1. The largest absolute Gasteiger partial charge is 0.383 e. The van der Waals surface area contributed by atoms with Gasteiger partial charge in [0.15, 0.2) is 0 Å². The minimum absolute atomic E-state index is 0.203. The van der Waals surface area contributed by atoms with Gasteiger partial charge in [-0.25, -0.2) is 9.37 Å². The van der Waals surface area contributed by atoms with E-state index in [1.807, 2.05) is 30.3 Å². The van der Waals surface area contributed by atoms with Crippen LogP contribution in [-0.4, -0.2) is 4.98 Å². The van der Waals surface area contributed by atoms with Crippen molar-refractivity contribution < 1.29 is 4.39 Å². The van der Waals surface area contributed by atoms with Gasteiger partial charge in [0.1, 0.15) is 11.6 Å². The van der Waals surface area contributed by atoms with Crippen LogP contribution in [0.15, 0.2) is 48.7 Å². The standard InChI is InChI=1S/C16H13ClFN3/c17-11-3-1-4-12(7-11)20-8-10-9-21-16(19)15-13(10)5-2-6-14(15)18/h1-7,9,20H,8H2,(H2,19,21). The Kier molecular flexibility index (Phi) is 3.62. The van der Waals surface area contributed by atoms with Gasteiger partial charge in [0.25, 0.3) is 0 Å². The SMILES string of the molecule is Nc1ncc(CNc2cccc(Cl)c2)c2cccc(F)c12. The number of benzene rings is 2. The smallest absolute Gasteiger partial charge is 0.134 e.